The number of imidazole rings is 1. The van der Waals surface area contributed by atoms with Crippen LogP contribution in [-0.4, -0.2) is 75.7 Å². The lowest BCUT2D eigenvalue weighted by atomic mass is 9.86. The molecule has 0 aliphatic carbocycles. The molecule has 4 rings (SSSR count). The maximum atomic E-state index is 13.7. The van der Waals surface area contributed by atoms with Gasteiger partial charge in [-0.1, -0.05) is 44.0 Å². The number of carbonyl (C=O) groups excluding carboxylic acids is 1. The van der Waals surface area contributed by atoms with E-state index >= 15 is 0 Å². The van der Waals surface area contributed by atoms with E-state index in [-0.39, 0.29) is 34.3 Å². The Morgan fingerprint density at radius 2 is 2.03 bits per heavy atom. The van der Waals surface area contributed by atoms with E-state index in [4.69, 9.17) is 23.2 Å². The fourth-order valence-corrected chi connectivity index (χ4v) is 6.07. The number of aromatic hydroxyl groups is 1. The number of halogens is 2. The van der Waals surface area contributed by atoms with Crippen molar-refractivity contribution in [2.45, 2.75) is 77.5 Å². The van der Waals surface area contributed by atoms with Gasteiger partial charge in [0, 0.05) is 55.9 Å². The summed E-state index contributed by atoms with van der Waals surface area (Å²) in [6, 6.07) is 4.08. The standard InChI is InChI=1S/C27H40Cl2N6O2/c1-16(2)34-10-8-18(15-34)35-23(14-31-21-11-19(27(3,4)5)20(28)12-22(21)36)32-25(29)24(35)26(37)33(6)17-7-9-30-13-17/h11-12,16-18,30-31,36H,7-10,13-15H2,1-6H3. The highest BCUT2D eigenvalue weighted by molar-refractivity contribution is 6.32. The number of phenolic OH excluding ortho intramolecular Hbond substituents is 1. The van der Waals surface area contributed by atoms with Crippen molar-refractivity contribution in [1.29, 1.82) is 0 Å². The van der Waals surface area contributed by atoms with Gasteiger partial charge >= 0.3 is 0 Å². The van der Waals surface area contributed by atoms with Gasteiger partial charge in [0.1, 0.15) is 17.3 Å². The number of amides is 1. The quantitative estimate of drug-likeness (QED) is 0.425. The van der Waals surface area contributed by atoms with E-state index in [2.05, 4.69) is 55.1 Å². The number of aromatic nitrogens is 2. The fraction of sp³-hybridized carbons (Fsp3) is 0.630. The van der Waals surface area contributed by atoms with Crippen molar-refractivity contribution < 1.29 is 9.90 Å². The summed E-state index contributed by atoms with van der Waals surface area (Å²) in [6.07, 6.45) is 1.83. The number of rotatable bonds is 7. The van der Waals surface area contributed by atoms with Gasteiger partial charge < -0.3 is 25.2 Å². The molecule has 0 spiro atoms. The number of likely N-dealkylation sites (tertiary alicyclic amines) is 1. The summed E-state index contributed by atoms with van der Waals surface area (Å²) >= 11 is 13.1. The Hall–Kier alpha value is -2.00. The SMILES string of the molecule is CC(C)N1CCC(n2c(CNc3cc(C(C)(C)C)c(Cl)cc3O)nc(Cl)c2C(=O)N(C)C2CCNC2)C1. The zero-order valence-electron chi connectivity index (χ0n) is 22.7. The van der Waals surface area contributed by atoms with Gasteiger partial charge in [-0.25, -0.2) is 4.98 Å². The predicted octanol–water partition coefficient (Wildman–Crippen LogP) is 4.89. The van der Waals surface area contributed by atoms with Crippen LogP contribution >= 0.6 is 23.2 Å². The molecular weight excluding hydrogens is 511 g/mol. The van der Waals surface area contributed by atoms with Gasteiger partial charge in [-0.3, -0.25) is 9.69 Å². The molecule has 1 amide bonds. The van der Waals surface area contributed by atoms with Crippen molar-refractivity contribution in [2.24, 2.45) is 0 Å². The van der Waals surface area contributed by atoms with Crippen LogP contribution in [0.1, 0.15) is 75.4 Å². The van der Waals surface area contributed by atoms with Gasteiger partial charge in [0.25, 0.3) is 5.91 Å². The molecule has 3 heterocycles. The molecule has 1 aromatic carbocycles. The van der Waals surface area contributed by atoms with Crippen molar-refractivity contribution >= 4 is 34.8 Å². The number of anilines is 1. The van der Waals surface area contributed by atoms with Crippen LogP contribution in [0.4, 0.5) is 5.69 Å². The van der Waals surface area contributed by atoms with Crippen molar-refractivity contribution in [3.05, 3.63) is 39.4 Å². The van der Waals surface area contributed by atoms with Crippen molar-refractivity contribution in [3.63, 3.8) is 0 Å². The van der Waals surface area contributed by atoms with Gasteiger partial charge in [-0.05, 0) is 50.3 Å². The third kappa shape index (κ3) is 5.87. The molecule has 2 unspecified atom stereocenters. The van der Waals surface area contributed by atoms with E-state index < -0.39 is 0 Å². The number of likely N-dealkylation sites (N-methyl/N-ethyl adjacent to an activating group) is 1. The summed E-state index contributed by atoms with van der Waals surface area (Å²) in [4.78, 5) is 22.6. The Morgan fingerprint density at radius 3 is 2.62 bits per heavy atom. The van der Waals surface area contributed by atoms with E-state index in [0.717, 1.165) is 44.6 Å². The molecule has 0 saturated carbocycles. The third-order valence-electron chi connectivity index (χ3n) is 7.67. The summed E-state index contributed by atoms with van der Waals surface area (Å²) in [5, 5.41) is 18.0. The maximum absolute atomic E-state index is 13.7. The Bertz CT molecular complexity index is 1140. The van der Waals surface area contributed by atoms with Crippen LogP contribution in [0.25, 0.3) is 0 Å². The monoisotopic (exact) mass is 550 g/mol. The molecule has 2 saturated heterocycles. The van der Waals surface area contributed by atoms with Crippen molar-refractivity contribution in [2.75, 3.05) is 38.5 Å². The molecule has 2 fully saturated rings. The summed E-state index contributed by atoms with van der Waals surface area (Å²) in [7, 11) is 1.85. The lowest BCUT2D eigenvalue weighted by molar-refractivity contribution is 0.0730. The highest BCUT2D eigenvalue weighted by Gasteiger charge is 2.35. The average molecular weight is 552 g/mol. The van der Waals surface area contributed by atoms with Crippen LogP contribution in [0.5, 0.6) is 5.75 Å². The summed E-state index contributed by atoms with van der Waals surface area (Å²) in [6.45, 7) is 14.4. The van der Waals surface area contributed by atoms with Gasteiger partial charge in [-0.2, -0.15) is 0 Å². The fourth-order valence-electron chi connectivity index (χ4n) is 5.36. The van der Waals surface area contributed by atoms with E-state index in [9.17, 15) is 9.90 Å². The second-order valence-corrected chi connectivity index (χ2v) is 12.3. The highest BCUT2D eigenvalue weighted by Crippen LogP contribution is 2.37. The molecule has 2 aliphatic heterocycles. The number of hydrogen-bond donors (Lipinski definition) is 3. The van der Waals surface area contributed by atoms with Gasteiger partial charge in [0.2, 0.25) is 0 Å². The number of carbonyl (C=O) groups is 1. The van der Waals surface area contributed by atoms with E-state index in [0.29, 0.717) is 34.8 Å². The lowest BCUT2D eigenvalue weighted by Gasteiger charge is -2.27. The summed E-state index contributed by atoms with van der Waals surface area (Å²) < 4.78 is 2.04. The molecule has 8 nitrogen and oxygen atoms in total. The number of nitrogens with zero attached hydrogens (tertiary/aromatic N) is 4. The molecule has 3 N–H and O–H groups in total. The Morgan fingerprint density at radius 1 is 1.30 bits per heavy atom. The van der Waals surface area contributed by atoms with Gasteiger partial charge in [0.15, 0.2) is 5.15 Å². The normalized spacial score (nSPS) is 20.7. The van der Waals surface area contributed by atoms with Crippen LogP contribution in [0.15, 0.2) is 12.1 Å². The van der Waals surface area contributed by atoms with Crippen LogP contribution in [0.2, 0.25) is 10.2 Å². The predicted molar refractivity (Wildman–Crippen MR) is 150 cm³/mol. The molecule has 2 aliphatic rings. The molecule has 0 radical (unpaired) electrons. The molecule has 1 aromatic heterocycles. The number of nitrogens with one attached hydrogen (secondary N) is 2. The molecule has 204 valence electrons. The molecular formula is C27H40Cl2N6O2. The Labute approximate surface area is 230 Å². The van der Waals surface area contributed by atoms with Crippen molar-refractivity contribution in [1.82, 2.24) is 24.7 Å². The number of phenols is 1. The van der Waals surface area contributed by atoms with Gasteiger partial charge in [0.05, 0.1) is 12.2 Å². The first-order valence-electron chi connectivity index (χ1n) is 13.1. The maximum Gasteiger partial charge on any atom is 0.273 e. The first-order valence-corrected chi connectivity index (χ1v) is 13.9. The Kier molecular flexibility index (Phi) is 8.34. The minimum atomic E-state index is -0.188. The second kappa shape index (κ2) is 11.0. The summed E-state index contributed by atoms with van der Waals surface area (Å²) in [5.41, 5.74) is 1.75. The van der Waals surface area contributed by atoms with Crippen molar-refractivity contribution in [3.8, 4) is 5.75 Å². The summed E-state index contributed by atoms with van der Waals surface area (Å²) in [5.74, 6) is 0.636. The van der Waals surface area contributed by atoms with E-state index in [1.165, 1.54) is 0 Å². The van der Waals surface area contributed by atoms with Gasteiger partial charge in [-0.15, -0.1) is 0 Å². The van der Waals surface area contributed by atoms with Crippen LogP contribution in [-0.2, 0) is 12.0 Å². The van der Waals surface area contributed by atoms with Crippen LogP contribution in [0.3, 0.4) is 0 Å². The van der Waals surface area contributed by atoms with Crippen LogP contribution < -0.4 is 10.6 Å². The Balaban J connectivity index is 1.68. The molecule has 37 heavy (non-hydrogen) atoms. The molecule has 2 aromatic rings. The van der Waals surface area contributed by atoms with Crippen LogP contribution in [0, 0.1) is 0 Å². The second-order valence-electron chi connectivity index (χ2n) is 11.6. The first kappa shape index (κ1) is 28.0. The molecule has 10 heteroatoms. The smallest absolute Gasteiger partial charge is 0.273 e. The van der Waals surface area contributed by atoms with E-state index in [1.807, 2.05) is 17.7 Å². The first-order chi connectivity index (χ1) is 17.4. The largest absolute Gasteiger partial charge is 0.506 e. The molecule has 0 bridgehead atoms. The minimum Gasteiger partial charge on any atom is -0.506 e. The minimum absolute atomic E-state index is 0.0684. The molecule has 2 atom stereocenters. The number of hydrogen-bond acceptors (Lipinski definition) is 6. The third-order valence-corrected chi connectivity index (χ3v) is 8.24. The highest BCUT2D eigenvalue weighted by atomic mass is 35.5. The zero-order valence-corrected chi connectivity index (χ0v) is 24.2. The number of benzene rings is 1. The topological polar surface area (TPSA) is 85.7 Å². The average Bonchev–Trinajstić information content (AvgIpc) is 3.56. The zero-order chi connectivity index (χ0) is 27.1. The lowest BCUT2D eigenvalue weighted by Crippen LogP contribution is -2.40. The van der Waals surface area contributed by atoms with E-state index in [1.54, 1.807) is 11.0 Å².